The van der Waals surface area contributed by atoms with Gasteiger partial charge < -0.3 is 30.6 Å². The molecule has 0 saturated carbocycles. The lowest BCUT2D eigenvalue weighted by Crippen LogP contribution is -2.56. The topological polar surface area (TPSA) is 154 Å². The second-order valence-corrected chi connectivity index (χ2v) is 8.67. The van der Waals surface area contributed by atoms with Crippen molar-refractivity contribution in [2.75, 3.05) is 20.3 Å². The first kappa shape index (κ1) is 22.0. The quantitative estimate of drug-likeness (QED) is 0.461. The third kappa shape index (κ3) is 2.86. The van der Waals surface area contributed by atoms with Crippen LogP contribution in [0, 0.1) is 5.92 Å². The van der Waals surface area contributed by atoms with E-state index in [4.69, 9.17) is 25.7 Å². The summed E-state index contributed by atoms with van der Waals surface area (Å²) in [4.78, 5) is 53.8. The largest absolute Gasteiger partial charge is 0.449 e. The van der Waals surface area contributed by atoms with Gasteiger partial charge in [-0.3, -0.25) is 14.5 Å². The van der Waals surface area contributed by atoms with E-state index >= 15 is 0 Å². The van der Waals surface area contributed by atoms with Crippen LogP contribution in [0.25, 0.3) is 0 Å². The maximum Gasteiger partial charge on any atom is 0.410 e. The Morgan fingerprint density at radius 2 is 1.85 bits per heavy atom. The number of primary amides is 1. The summed E-state index contributed by atoms with van der Waals surface area (Å²) >= 11 is 0. The molecule has 1 aromatic carbocycles. The molecule has 0 aromatic heterocycles. The Morgan fingerprint density at radius 1 is 1.15 bits per heavy atom. The number of hydrogen-bond donors (Lipinski definition) is 2. The van der Waals surface area contributed by atoms with Crippen LogP contribution in [0.4, 0.5) is 9.59 Å². The first-order valence-electron chi connectivity index (χ1n) is 10.8. The number of fused-ring (bicyclic) bond motifs is 4. The van der Waals surface area contributed by atoms with Gasteiger partial charge in [0.15, 0.2) is 5.72 Å². The molecule has 0 radical (unpaired) electrons. The molecule has 4 atom stereocenters. The van der Waals surface area contributed by atoms with Crippen molar-refractivity contribution in [2.24, 2.45) is 17.4 Å². The summed E-state index contributed by atoms with van der Waals surface area (Å²) < 4.78 is 16.5. The first-order chi connectivity index (χ1) is 16.2. The predicted molar refractivity (Wildman–Crippen MR) is 115 cm³/mol. The third-order valence-corrected chi connectivity index (χ3v) is 7.10. The van der Waals surface area contributed by atoms with Crippen LogP contribution >= 0.6 is 0 Å². The number of carbonyl (C=O) groups excluding carboxylic acids is 4. The Labute approximate surface area is 194 Å². The number of nitrogens with two attached hydrogens (primary N) is 2. The van der Waals surface area contributed by atoms with Crippen LogP contribution in [0.15, 0.2) is 52.9 Å². The zero-order valence-corrected chi connectivity index (χ0v) is 18.6. The SMILES string of the molecule is COC12C(COC(N)=O)C3=C(C(=O)C(C)=C(N)C3=O)N1CC1C2N1C(=O)OCc1ccccc1. The molecule has 3 heterocycles. The number of carbonyl (C=O) groups is 4. The Kier molecular flexibility index (Phi) is 4.90. The second kappa shape index (κ2) is 7.59. The van der Waals surface area contributed by atoms with Gasteiger partial charge in [-0.1, -0.05) is 30.3 Å². The molecule has 4 N–H and O–H groups in total. The fourth-order valence-corrected chi connectivity index (χ4v) is 5.52. The number of Topliss-reactive ketones (excluding diaryl/α,β-unsaturated/α-hetero) is 2. The monoisotopic (exact) mass is 468 g/mol. The highest BCUT2D eigenvalue weighted by atomic mass is 16.6. The summed E-state index contributed by atoms with van der Waals surface area (Å²) in [6.45, 7) is 1.51. The molecule has 0 bridgehead atoms. The molecular formula is C23H24N4O7. The maximum atomic E-state index is 13.2. The molecule has 4 unspecified atom stereocenters. The van der Waals surface area contributed by atoms with Gasteiger partial charge in [0.2, 0.25) is 11.6 Å². The molecule has 178 valence electrons. The van der Waals surface area contributed by atoms with Gasteiger partial charge in [-0.25, -0.2) is 9.59 Å². The van der Waals surface area contributed by atoms with Gasteiger partial charge in [-0.2, -0.15) is 0 Å². The smallest absolute Gasteiger partial charge is 0.410 e. The highest BCUT2D eigenvalue weighted by molar-refractivity contribution is 6.25. The highest BCUT2D eigenvalue weighted by Crippen LogP contribution is 2.59. The van der Waals surface area contributed by atoms with E-state index in [-0.39, 0.29) is 48.3 Å². The molecule has 0 spiro atoms. The number of allylic oxidation sites excluding steroid dienone is 2. The molecule has 3 aliphatic heterocycles. The molecule has 5 rings (SSSR count). The number of ether oxygens (including phenoxy) is 3. The van der Waals surface area contributed by atoms with Gasteiger partial charge in [0, 0.05) is 24.8 Å². The fourth-order valence-electron chi connectivity index (χ4n) is 5.52. The lowest BCUT2D eigenvalue weighted by molar-refractivity contribution is -0.144. The van der Waals surface area contributed by atoms with E-state index in [1.54, 1.807) is 4.90 Å². The lowest BCUT2D eigenvalue weighted by Gasteiger charge is -2.40. The van der Waals surface area contributed by atoms with E-state index in [0.29, 0.717) is 0 Å². The number of amides is 2. The Balaban J connectivity index is 1.46. The standard InChI is InChI=1S/C23H24N4O7/c1-11-16(24)19(29)15-13(10-33-21(25)30)23(32-2)20-14(8-26(23)17(15)18(11)28)27(20)22(31)34-9-12-6-4-3-5-7-12/h3-7,13-14,20H,8-10,24H2,1-2H3,(H2,25,30). The van der Waals surface area contributed by atoms with Crippen molar-refractivity contribution in [2.45, 2.75) is 31.3 Å². The summed E-state index contributed by atoms with van der Waals surface area (Å²) in [5.74, 6) is -1.80. The molecule has 1 aromatic rings. The first-order valence-corrected chi connectivity index (χ1v) is 10.8. The van der Waals surface area contributed by atoms with E-state index in [2.05, 4.69) is 0 Å². The zero-order chi connectivity index (χ0) is 24.4. The Bertz CT molecular complexity index is 1180. The van der Waals surface area contributed by atoms with Crippen LogP contribution < -0.4 is 11.5 Å². The molecule has 2 saturated heterocycles. The summed E-state index contributed by atoms with van der Waals surface area (Å²) in [6, 6.07) is 8.42. The molecular weight excluding hydrogens is 444 g/mol. The summed E-state index contributed by atoms with van der Waals surface area (Å²) in [5, 5.41) is 0. The number of methoxy groups -OCH3 is 1. The Hall–Kier alpha value is -3.86. The molecule has 11 nitrogen and oxygen atoms in total. The van der Waals surface area contributed by atoms with Gasteiger partial charge in [0.1, 0.15) is 19.3 Å². The molecule has 2 fully saturated rings. The number of rotatable bonds is 5. The maximum absolute atomic E-state index is 13.2. The normalized spacial score (nSPS) is 29.2. The van der Waals surface area contributed by atoms with E-state index in [0.717, 1.165) is 5.56 Å². The molecule has 1 aliphatic carbocycles. The van der Waals surface area contributed by atoms with E-state index < -0.39 is 41.4 Å². The third-order valence-electron chi connectivity index (χ3n) is 7.10. The average Bonchev–Trinajstić information content (AvgIpc) is 3.34. The van der Waals surface area contributed by atoms with Crippen LogP contribution in [0.3, 0.4) is 0 Å². The van der Waals surface area contributed by atoms with Crippen molar-refractivity contribution in [3.05, 3.63) is 58.4 Å². The lowest BCUT2D eigenvalue weighted by atomic mass is 9.82. The van der Waals surface area contributed by atoms with Crippen molar-refractivity contribution in [3.8, 4) is 0 Å². The minimum atomic E-state index is -1.31. The summed E-state index contributed by atoms with van der Waals surface area (Å²) in [7, 11) is 1.43. The van der Waals surface area contributed by atoms with Crippen LogP contribution in [0.5, 0.6) is 0 Å². The van der Waals surface area contributed by atoms with Gasteiger partial charge in [-0.15, -0.1) is 0 Å². The molecule has 2 amide bonds. The van der Waals surface area contributed by atoms with Crippen LogP contribution in [-0.4, -0.2) is 71.6 Å². The molecule has 4 aliphatic rings. The molecule has 11 heteroatoms. The minimum Gasteiger partial charge on any atom is -0.449 e. The number of piperazine rings is 1. The summed E-state index contributed by atoms with van der Waals surface area (Å²) in [5.41, 5.74) is 10.9. The average molecular weight is 468 g/mol. The van der Waals surface area contributed by atoms with E-state index in [9.17, 15) is 19.2 Å². The molecule has 34 heavy (non-hydrogen) atoms. The van der Waals surface area contributed by atoms with Crippen molar-refractivity contribution < 1.29 is 33.4 Å². The van der Waals surface area contributed by atoms with Crippen molar-refractivity contribution in [1.82, 2.24) is 9.80 Å². The number of benzene rings is 1. The van der Waals surface area contributed by atoms with Crippen molar-refractivity contribution >= 4 is 23.8 Å². The fraction of sp³-hybridized carbons (Fsp3) is 0.391. The van der Waals surface area contributed by atoms with E-state index in [1.165, 1.54) is 18.9 Å². The second-order valence-electron chi connectivity index (χ2n) is 8.67. The number of ketones is 2. The van der Waals surface area contributed by atoms with Crippen LogP contribution in [0.1, 0.15) is 12.5 Å². The zero-order valence-electron chi connectivity index (χ0n) is 18.6. The van der Waals surface area contributed by atoms with Gasteiger partial charge >= 0.3 is 12.2 Å². The number of nitrogens with zero attached hydrogens (tertiary/aromatic N) is 2. The van der Waals surface area contributed by atoms with Crippen LogP contribution in [-0.2, 0) is 30.4 Å². The highest BCUT2D eigenvalue weighted by Gasteiger charge is 2.78. The predicted octanol–water partition coefficient (Wildman–Crippen LogP) is 0.398. The van der Waals surface area contributed by atoms with Gasteiger partial charge in [0.25, 0.3) is 0 Å². The van der Waals surface area contributed by atoms with Crippen LogP contribution in [0.2, 0.25) is 0 Å². The van der Waals surface area contributed by atoms with Gasteiger partial charge in [-0.05, 0) is 12.5 Å². The number of hydrogen-bond acceptors (Lipinski definition) is 9. The van der Waals surface area contributed by atoms with Crippen molar-refractivity contribution in [1.29, 1.82) is 0 Å². The summed E-state index contributed by atoms with van der Waals surface area (Å²) in [6.07, 6.45) is -1.58. The Morgan fingerprint density at radius 3 is 2.50 bits per heavy atom. The minimum absolute atomic E-state index is 0.0961. The van der Waals surface area contributed by atoms with Crippen molar-refractivity contribution in [3.63, 3.8) is 0 Å². The van der Waals surface area contributed by atoms with Gasteiger partial charge in [0.05, 0.1) is 23.4 Å². The van der Waals surface area contributed by atoms with E-state index in [1.807, 2.05) is 30.3 Å².